The van der Waals surface area contributed by atoms with Crippen LogP contribution in [-0.4, -0.2) is 92.4 Å². The van der Waals surface area contributed by atoms with Crippen LogP contribution in [0.5, 0.6) is 0 Å². The number of anilines is 1. The summed E-state index contributed by atoms with van der Waals surface area (Å²) >= 11 is 0. The van der Waals surface area contributed by atoms with Crippen LogP contribution < -0.4 is 22.5 Å². The standard InChI is InChI=1S/C28H36N8O4/c1-16(36-15-19-21-22(36)28(19,21)23(29)37)14-17-4-6-18(7-5-17)35-9-8-20(32-26(35)40)31-25(39)34-12-10-33(11-13-34)24(38)27(2,3)30/h4-9,16,19,21-22H,10-15,30H2,1-3H3,(H2,29,37)(H,31,32,39,40). The first-order valence-electron chi connectivity index (χ1n) is 13.8. The SMILES string of the molecule is CC(Cc1ccc(-n2ccc(NC(=O)N3CCN(C(=O)C(C)(C)N)CC3)nc2=O)cc1)N1CC2C3C1C23C(N)=O. The molecule has 4 amide bonds. The second-order valence-electron chi connectivity index (χ2n) is 12.2. The number of piperidine rings is 1. The van der Waals surface area contributed by atoms with Gasteiger partial charge in [0.05, 0.1) is 16.6 Å². The van der Waals surface area contributed by atoms with E-state index in [1.807, 2.05) is 24.3 Å². The molecule has 5 aliphatic rings. The van der Waals surface area contributed by atoms with Crippen molar-refractivity contribution in [1.82, 2.24) is 24.3 Å². The second-order valence-corrected chi connectivity index (χ2v) is 12.2. The van der Waals surface area contributed by atoms with E-state index in [9.17, 15) is 19.2 Å². The molecular weight excluding hydrogens is 512 g/mol. The average Bonchev–Trinajstić information content (AvgIpc) is 3.66. The summed E-state index contributed by atoms with van der Waals surface area (Å²) in [6.07, 6.45) is 2.43. The van der Waals surface area contributed by atoms with Crippen molar-refractivity contribution in [3.05, 3.63) is 52.6 Å². The molecule has 2 aromatic rings. The Morgan fingerprint density at radius 2 is 1.75 bits per heavy atom. The molecule has 5 N–H and O–H groups in total. The first-order chi connectivity index (χ1) is 18.9. The van der Waals surface area contributed by atoms with Crippen molar-refractivity contribution in [2.75, 3.05) is 38.0 Å². The number of piperazine rings is 1. The number of fused-ring (bicyclic) bond motifs is 1. The molecule has 2 saturated carbocycles. The molecule has 0 radical (unpaired) electrons. The number of primary amides is 1. The zero-order valence-corrected chi connectivity index (χ0v) is 23.0. The van der Waals surface area contributed by atoms with E-state index in [1.165, 1.54) is 4.57 Å². The maximum atomic E-state index is 12.8. The minimum absolute atomic E-state index is 0.140. The number of carbonyl (C=O) groups is 3. The molecule has 3 saturated heterocycles. The van der Waals surface area contributed by atoms with Crippen LogP contribution in [-0.2, 0) is 16.0 Å². The van der Waals surface area contributed by atoms with E-state index in [-0.39, 0.29) is 29.1 Å². The normalized spacial score (nSPS) is 27.6. The molecular formula is C28H36N8O4. The third kappa shape index (κ3) is 4.17. The Bertz CT molecular complexity index is 1420. The molecule has 2 aliphatic carbocycles. The summed E-state index contributed by atoms with van der Waals surface area (Å²) in [5.41, 5.74) is 11.7. The van der Waals surface area contributed by atoms with E-state index in [1.54, 1.807) is 35.9 Å². The lowest BCUT2D eigenvalue weighted by Gasteiger charge is -2.37. The van der Waals surface area contributed by atoms with Crippen molar-refractivity contribution in [3.63, 3.8) is 0 Å². The molecule has 7 rings (SSSR count). The van der Waals surface area contributed by atoms with Gasteiger partial charge >= 0.3 is 11.7 Å². The van der Waals surface area contributed by atoms with Crippen LogP contribution in [0.3, 0.4) is 0 Å². The number of hydrogen-bond donors (Lipinski definition) is 3. The summed E-state index contributed by atoms with van der Waals surface area (Å²) in [6, 6.07) is 9.60. The molecule has 1 aromatic heterocycles. The van der Waals surface area contributed by atoms with Crippen molar-refractivity contribution in [2.24, 2.45) is 28.7 Å². The molecule has 5 atom stereocenters. The zero-order valence-electron chi connectivity index (χ0n) is 23.0. The molecule has 3 aliphatic heterocycles. The predicted octanol–water partition coefficient (Wildman–Crippen LogP) is -0.00760. The van der Waals surface area contributed by atoms with Crippen LogP contribution >= 0.6 is 0 Å². The van der Waals surface area contributed by atoms with Crippen molar-refractivity contribution in [1.29, 1.82) is 0 Å². The third-order valence-electron chi connectivity index (χ3n) is 9.16. The topological polar surface area (TPSA) is 160 Å². The van der Waals surface area contributed by atoms with E-state index in [4.69, 9.17) is 11.5 Å². The highest BCUT2D eigenvalue weighted by molar-refractivity contribution is 5.93. The number of nitrogens with two attached hydrogens (primary N) is 2. The molecule has 5 unspecified atom stereocenters. The van der Waals surface area contributed by atoms with Gasteiger partial charge in [0.25, 0.3) is 0 Å². The summed E-state index contributed by atoms with van der Waals surface area (Å²) in [5.74, 6) is 0.809. The van der Waals surface area contributed by atoms with Crippen LogP contribution in [0.1, 0.15) is 26.3 Å². The van der Waals surface area contributed by atoms with Crippen molar-refractivity contribution in [2.45, 2.75) is 44.8 Å². The number of urea groups is 1. The number of aromatic nitrogens is 2. The minimum Gasteiger partial charge on any atom is -0.369 e. The van der Waals surface area contributed by atoms with Gasteiger partial charge in [0.15, 0.2) is 0 Å². The number of benzene rings is 1. The highest BCUT2D eigenvalue weighted by Crippen LogP contribution is 2.85. The van der Waals surface area contributed by atoms with Gasteiger partial charge in [-0.25, -0.2) is 9.59 Å². The second kappa shape index (κ2) is 9.13. The molecule has 40 heavy (non-hydrogen) atoms. The van der Waals surface area contributed by atoms with Crippen LogP contribution in [0.2, 0.25) is 0 Å². The van der Waals surface area contributed by atoms with Crippen molar-refractivity contribution in [3.8, 4) is 5.69 Å². The Labute approximate surface area is 232 Å². The van der Waals surface area contributed by atoms with Gasteiger partial charge in [0.2, 0.25) is 11.8 Å². The van der Waals surface area contributed by atoms with Gasteiger partial charge in [-0.2, -0.15) is 4.98 Å². The summed E-state index contributed by atoms with van der Waals surface area (Å²) < 4.78 is 1.43. The van der Waals surface area contributed by atoms with E-state index in [0.29, 0.717) is 55.8 Å². The predicted molar refractivity (Wildman–Crippen MR) is 148 cm³/mol. The van der Waals surface area contributed by atoms with Gasteiger partial charge in [-0.05, 0) is 62.8 Å². The Balaban J connectivity index is 1.03. The first kappa shape index (κ1) is 26.5. The lowest BCUT2D eigenvalue weighted by atomic mass is 10.0. The Kier molecular flexibility index (Phi) is 6.04. The number of nitrogens with one attached hydrogen (secondary N) is 1. The maximum Gasteiger partial charge on any atom is 0.354 e. The number of hydrogen-bond acceptors (Lipinski definition) is 7. The summed E-state index contributed by atoms with van der Waals surface area (Å²) in [7, 11) is 0. The molecule has 2 bridgehead atoms. The maximum absolute atomic E-state index is 12.8. The largest absolute Gasteiger partial charge is 0.369 e. The molecule has 1 aromatic carbocycles. The Hall–Kier alpha value is -3.77. The van der Waals surface area contributed by atoms with Crippen molar-refractivity contribution >= 4 is 23.7 Å². The van der Waals surface area contributed by atoms with Crippen LogP contribution in [0.25, 0.3) is 5.69 Å². The fourth-order valence-corrected chi connectivity index (χ4v) is 6.91. The Morgan fingerprint density at radius 1 is 1.10 bits per heavy atom. The minimum atomic E-state index is -0.956. The van der Waals surface area contributed by atoms with Crippen molar-refractivity contribution < 1.29 is 14.4 Å². The van der Waals surface area contributed by atoms with Gasteiger partial charge in [-0.1, -0.05) is 12.1 Å². The van der Waals surface area contributed by atoms with Crippen LogP contribution in [0.15, 0.2) is 41.3 Å². The molecule has 12 nitrogen and oxygen atoms in total. The average molecular weight is 549 g/mol. The summed E-state index contributed by atoms with van der Waals surface area (Å²) in [5, 5.41) is 2.68. The Morgan fingerprint density at radius 3 is 2.30 bits per heavy atom. The van der Waals surface area contributed by atoms with E-state index in [2.05, 4.69) is 22.1 Å². The summed E-state index contributed by atoms with van der Waals surface area (Å²) in [4.78, 5) is 59.4. The van der Waals surface area contributed by atoms with Gasteiger partial charge in [-0.3, -0.25) is 24.4 Å². The first-order valence-corrected chi connectivity index (χ1v) is 13.8. The van der Waals surface area contributed by atoms with Gasteiger partial charge < -0.3 is 21.3 Å². The quantitative estimate of drug-likeness (QED) is 0.439. The highest BCUT2D eigenvalue weighted by atomic mass is 16.2. The molecule has 0 spiro atoms. The molecule has 212 valence electrons. The highest BCUT2D eigenvalue weighted by Gasteiger charge is 2.95. The molecule has 5 fully saturated rings. The van der Waals surface area contributed by atoms with E-state index >= 15 is 0 Å². The van der Waals surface area contributed by atoms with Crippen LogP contribution in [0, 0.1) is 17.3 Å². The monoisotopic (exact) mass is 548 g/mol. The number of nitrogens with zero attached hydrogens (tertiary/aromatic N) is 5. The number of carbonyl (C=O) groups excluding carboxylic acids is 3. The van der Waals surface area contributed by atoms with E-state index in [0.717, 1.165) is 18.5 Å². The lowest BCUT2D eigenvalue weighted by Crippen LogP contribution is -2.58. The van der Waals surface area contributed by atoms with Crippen LogP contribution in [0.4, 0.5) is 10.6 Å². The fourth-order valence-electron chi connectivity index (χ4n) is 6.91. The van der Waals surface area contributed by atoms with Gasteiger partial charge in [-0.15, -0.1) is 0 Å². The van der Waals surface area contributed by atoms with E-state index < -0.39 is 11.2 Å². The summed E-state index contributed by atoms with van der Waals surface area (Å²) in [6.45, 7) is 7.97. The molecule has 4 heterocycles. The lowest BCUT2D eigenvalue weighted by molar-refractivity contribution is -0.137. The molecule has 12 heteroatoms. The number of rotatable bonds is 7. The zero-order chi connectivity index (χ0) is 28.6. The van der Waals surface area contributed by atoms with Gasteiger partial charge in [0, 0.05) is 51.0 Å². The third-order valence-corrected chi connectivity index (χ3v) is 9.16. The smallest absolute Gasteiger partial charge is 0.354 e. The van der Waals surface area contributed by atoms with Gasteiger partial charge in [0.1, 0.15) is 5.82 Å². The number of amides is 4. The fraction of sp³-hybridized carbons (Fsp3) is 0.536.